The van der Waals surface area contributed by atoms with E-state index in [9.17, 15) is 9.59 Å². The van der Waals surface area contributed by atoms with Gasteiger partial charge in [0.2, 0.25) is 11.8 Å². The summed E-state index contributed by atoms with van der Waals surface area (Å²) < 4.78 is 10.7. The second-order valence-electron chi connectivity index (χ2n) is 8.44. The predicted octanol–water partition coefficient (Wildman–Crippen LogP) is 5.59. The SMILES string of the molecule is CCCC(=O)N(Cc1ccc(Cl)cc1)[C@@H](C(=O)NCCc1ccc(OC)c(OC)c1)c1ccccc1. The minimum atomic E-state index is -0.758. The fourth-order valence-corrected chi connectivity index (χ4v) is 4.16. The minimum absolute atomic E-state index is 0.0728. The fraction of sp³-hybridized carbons (Fsp3) is 0.310. The maximum Gasteiger partial charge on any atom is 0.247 e. The van der Waals surface area contributed by atoms with Gasteiger partial charge in [0.15, 0.2) is 11.5 Å². The number of hydrogen-bond acceptors (Lipinski definition) is 4. The zero-order valence-electron chi connectivity index (χ0n) is 21.0. The molecule has 3 aromatic carbocycles. The molecule has 0 spiro atoms. The molecule has 1 N–H and O–H groups in total. The number of ether oxygens (including phenoxy) is 2. The fourth-order valence-electron chi connectivity index (χ4n) is 4.04. The molecule has 0 saturated heterocycles. The van der Waals surface area contributed by atoms with Crippen molar-refractivity contribution in [2.24, 2.45) is 0 Å². The van der Waals surface area contributed by atoms with Gasteiger partial charge in [-0.05, 0) is 53.8 Å². The topological polar surface area (TPSA) is 67.9 Å². The number of amides is 2. The van der Waals surface area contributed by atoms with Gasteiger partial charge < -0.3 is 19.7 Å². The molecule has 0 bridgehead atoms. The first-order valence-electron chi connectivity index (χ1n) is 12.0. The van der Waals surface area contributed by atoms with Crippen molar-refractivity contribution in [2.75, 3.05) is 20.8 Å². The first kappa shape index (κ1) is 27.1. The molecule has 3 rings (SSSR count). The summed E-state index contributed by atoms with van der Waals surface area (Å²) in [6.45, 7) is 2.67. The van der Waals surface area contributed by atoms with E-state index < -0.39 is 6.04 Å². The summed E-state index contributed by atoms with van der Waals surface area (Å²) in [7, 11) is 3.19. The van der Waals surface area contributed by atoms with Gasteiger partial charge in [-0.15, -0.1) is 0 Å². The summed E-state index contributed by atoms with van der Waals surface area (Å²) in [5.41, 5.74) is 2.67. The Balaban J connectivity index is 1.82. The van der Waals surface area contributed by atoms with Crippen molar-refractivity contribution >= 4 is 23.4 Å². The Morgan fingerprint density at radius 2 is 1.58 bits per heavy atom. The second-order valence-corrected chi connectivity index (χ2v) is 8.88. The summed E-state index contributed by atoms with van der Waals surface area (Å²) in [5, 5.41) is 3.67. The van der Waals surface area contributed by atoms with Crippen molar-refractivity contribution in [1.29, 1.82) is 0 Å². The second kappa shape index (κ2) is 13.5. The molecule has 1 atom stereocenters. The molecule has 0 aromatic heterocycles. The maximum atomic E-state index is 13.6. The van der Waals surface area contributed by atoms with E-state index in [-0.39, 0.29) is 11.8 Å². The molecule has 0 fully saturated rings. The van der Waals surface area contributed by atoms with Gasteiger partial charge in [0, 0.05) is 24.5 Å². The Kier molecular flexibility index (Phi) is 10.2. The third-order valence-corrected chi connectivity index (χ3v) is 6.14. The van der Waals surface area contributed by atoms with Gasteiger partial charge in [-0.3, -0.25) is 9.59 Å². The highest BCUT2D eigenvalue weighted by atomic mass is 35.5. The average Bonchev–Trinajstić information content (AvgIpc) is 2.90. The number of carbonyl (C=O) groups excluding carboxylic acids is 2. The minimum Gasteiger partial charge on any atom is -0.493 e. The molecule has 190 valence electrons. The lowest BCUT2D eigenvalue weighted by Crippen LogP contribution is -2.43. The van der Waals surface area contributed by atoms with Crippen LogP contribution in [0.2, 0.25) is 5.02 Å². The van der Waals surface area contributed by atoms with Crippen LogP contribution >= 0.6 is 11.6 Å². The molecule has 7 heteroatoms. The summed E-state index contributed by atoms with van der Waals surface area (Å²) in [6, 6.07) is 21.7. The summed E-state index contributed by atoms with van der Waals surface area (Å²) in [4.78, 5) is 28.5. The van der Waals surface area contributed by atoms with E-state index in [4.69, 9.17) is 21.1 Å². The van der Waals surface area contributed by atoms with Gasteiger partial charge >= 0.3 is 0 Å². The van der Waals surface area contributed by atoms with Crippen molar-refractivity contribution in [3.05, 3.63) is 94.5 Å². The largest absolute Gasteiger partial charge is 0.493 e. The Labute approximate surface area is 218 Å². The zero-order chi connectivity index (χ0) is 25.9. The number of nitrogens with one attached hydrogen (secondary N) is 1. The van der Waals surface area contributed by atoms with Crippen LogP contribution < -0.4 is 14.8 Å². The molecule has 0 radical (unpaired) electrons. The van der Waals surface area contributed by atoms with E-state index in [2.05, 4.69) is 5.32 Å². The lowest BCUT2D eigenvalue weighted by Gasteiger charge is -2.31. The number of halogens is 1. The molecule has 0 aliphatic carbocycles. The number of nitrogens with zero attached hydrogens (tertiary/aromatic N) is 1. The third-order valence-electron chi connectivity index (χ3n) is 5.89. The molecular formula is C29H33ClN2O4. The van der Waals surface area contributed by atoms with E-state index >= 15 is 0 Å². The van der Waals surface area contributed by atoms with E-state index in [0.717, 1.165) is 16.7 Å². The molecule has 0 aliphatic heterocycles. The van der Waals surface area contributed by atoms with Gasteiger partial charge in [0.05, 0.1) is 14.2 Å². The molecule has 0 heterocycles. The van der Waals surface area contributed by atoms with Crippen LogP contribution in [-0.2, 0) is 22.6 Å². The third kappa shape index (κ3) is 7.25. The van der Waals surface area contributed by atoms with E-state index in [0.29, 0.717) is 48.9 Å². The van der Waals surface area contributed by atoms with Gasteiger partial charge in [0.25, 0.3) is 0 Å². The standard InChI is InChI=1S/C29H33ClN2O4/c1-4-8-27(33)32(20-22-11-14-24(30)15-12-22)28(23-9-6-5-7-10-23)29(34)31-18-17-21-13-16-25(35-2)26(19-21)36-3/h5-7,9-16,19,28H,4,8,17-18,20H2,1-3H3,(H,31,34)/t28-/m1/s1. The van der Waals surface area contributed by atoms with E-state index in [1.165, 1.54) is 0 Å². The van der Waals surface area contributed by atoms with Crippen LogP contribution in [0, 0.1) is 0 Å². The average molecular weight is 509 g/mol. The number of carbonyl (C=O) groups is 2. The maximum absolute atomic E-state index is 13.6. The molecule has 0 saturated carbocycles. The number of rotatable bonds is 12. The normalized spacial score (nSPS) is 11.4. The Hall–Kier alpha value is -3.51. The summed E-state index contributed by atoms with van der Waals surface area (Å²) in [6.07, 6.45) is 1.65. The number of benzene rings is 3. The summed E-state index contributed by atoms with van der Waals surface area (Å²) >= 11 is 6.05. The van der Waals surface area contributed by atoms with Crippen LogP contribution in [-0.4, -0.2) is 37.5 Å². The van der Waals surface area contributed by atoms with Crippen molar-refractivity contribution < 1.29 is 19.1 Å². The van der Waals surface area contributed by atoms with Crippen LogP contribution in [0.4, 0.5) is 0 Å². The van der Waals surface area contributed by atoms with Crippen LogP contribution in [0.1, 0.15) is 42.5 Å². The van der Waals surface area contributed by atoms with E-state index in [1.807, 2.05) is 67.6 Å². The van der Waals surface area contributed by atoms with Crippen LogP contribution in [0.5, 0.6) is 11.5 Å². The first-order chi connectivity index (χ1) is 17.5. The van der Waals surface area contributed by atoms with Crippen molar-refractivity contribution in [3.63, 3.8) is 0 Å². The van der Waals surface area contributed by atoms with Gasteiger partial charge in [-0.25, -0.2) is 0 Å². The van der Waals surface area contributed by atoms with Gasteiger partial charge in [-0.1, -0.05) is 67.1 Å². The molecule has 3 aromatic rings. The van der Waals surface area contributed by atoms with Crippen LogP contribution in [0.25, 0.3) is 0 Å². The quantitative estimate of drug-likeness (QED) is 0.346. The number of hydrogen-bond donors (Lipinski definition) is 1. The summed E-state index contributed by atoms with van der Waals surface area (Å²) in [5.74, 6) is 1.00. The Morgan fingerprint density at radius 1 is 0.917 bits per heavy atom. The first-order valence-corrected chi connectivity index (χ1v) is 12.4. The monoisotopic (exact) mass is 508 g/mol. The molecule has 6 nitrogen and oxygen atoms in total. The molecular weight excluding hydrogens is 476 g/mol. The van der Waals surface area contributed by atoms with Crippen LogP contribution in [0.15, 0.2) is 72.8 Å². The highest BCUT2D eigenvalue weighted by molar-refractivity contribution is 6.30. The van der Waals surface area contributed by atoms with E-state index in [1.54, 1.807) is 31.3 Å². The molecule has 36 heavy (non-hydrogen) atoms. The van der Waals surface area contributed by atoms with Gasteiger partial charge in [0.1, 0.15) is 6.04 Å². The Morgan fingerprint density at radius 3 is 2.22 bits per heavy atom. The molecule has 0 aliphatic rings. The smallest absolute Gasteiger partial charge is 0.247 e. The van der Waals surface area contributed by atoms with Crippen molar-refractivity contribution in [1.82, 2.24) is 10.2 Å². The van der Waals surface area contributed by atoms with Crippen molar-refractivity contribution in [3.8, 4) is 11.5 Å². The Bertz CT molecular complexity index is 1140. The number of methoxy groups -OCH3 is 2. The molecule has 2 amide bonds. The van der Waals surface area contributed by atoms with Gasteiger partial charge in [-0.2, -0.15) is 0 Å². The predicted molar refractivity (Wildman–Crippen MR) is 142 cm³/mol. The lowest BCUT2D eigenvalue weighted by molar-refractivity contribution is -0.141. The van der Waals surface area contributed by atoms with Crippen molar-refractivity contribution in [2.45, 2.75) is 38.8 Å². The highest BCUT2D eigenvalue weighted by Crippen LogP contribution is 2.28. The van der Waals surface area contributed by atoms with Crippen LogP contribution in [0.3, 0.4) is 0 Å². The molecule has 0 unspecified atom stereocenters. The lowest BCUT2D eigenvalue weighted by atomic mass is 10.0. The zero-order valence-corrected chi connectivity index (χ0v) is 21.8. The highest BCUT2D eigenvalue weighted by Gasteiger charge is 2.31.